The van der Waals surface area contributed by atoms with Crippen molar-refractivity contribution >= 4 is 16.5 Å². The fourth-order valence-electron chi connectivity index (χ4n) is 2.17. The van der Waals surface area contributed by atoms with Crippen LogP contribution in [0.2, 0.25) is 0 Å². The highest BCUT2D eigenvalue weighted by Gasteiger charge is 2.10. The fourth-order valence-corrected chi connectivity index (χ4v) is 2.93. The summed E-state index contributed by atoms with van der Waals surface area (Å²) >= 11 is 1.47. The minimum absolute atomic E-state index is 0.0234. The summed E-state index contributed by atoms with van der Waals surface area (Å²) in [5.74, 6) is 0.0607. The van der Waals surface area contributed by atoms with Gasteiger partial charge in [-0.25, -0.2) is 4.98 Å². The number of hydrogen-bond acceptors (Lipinski definition) is 5. The number of hydrogen-bond donors (Lipinski definition) is 3. The van der Waals surface area contributed by atoms with Crippen LogP contribution < -0.4 is 5.32 Å². The van der Waals surface area contributed by atoms with Crippen molar-refractivity contribution in [3.8, 4) is 22.8 Å². The van der Waals surface area contributed by atoms with E-state index in [4.69, 9.17) is 0 Å². The summed E-state index contributed by atoms with van der Waals surface area (Å²) < 4.78 is 0. The molecule has 1 aromatic heterocycles. The molecule has 2 rings (SSSR count). The molecule has 4 nitrogen and oxygen atoms in total. The zero-order chi connectivity index (χ0) is 15.9. The maximum absolute atomic E-state index is 9.87. The number of phenols is 2. The van der Waals surface area contributed by atoms with E-state index in [1.807, 2.05) is 5.38 Å². The van der Waals surface area contributed by atoms with Crippen molar-refractivity contribution < 1.29 is 10.2 Å². The lowest BCUT2D eigenvalue weighted by molar-refractivity contribution is 0.452. The first-order valence-corrected chi connectivity index (χ1v) is 8.40. The van der Waals surface area contributed by atoms with Crippen molar-refractivity contribution in [1.29, 1.82) is 0 Å². The smallest absolute Gasteiger partial charge is 0.187 e. The van der Waals surface area contributed by atoms with E-state index in [0.29, 0.717) is 11.3 Å². The Morgan fingerprint density at radius 2 is 2.09 bits per heavy atom. The summed E-state index contributed by atoms with van der Waals surface area (Å²) in [6, 6.07) is 4.51. The van der Waals surface area contributed by atoms with E-state index in [2.05, 4.69) is 23.8 Å². The summed E-state index contributed by atoms with van der Waals surface area (Å²) in [4.78, 5) is 4.46. The SMILES string of the molecule is C=C(CCCCCC)Nc1nc(-c2ccc(O)cc2O)cs1. The monoisotopic (exact) mass is 318 g/mol. The van der Waals surface area contributed by atoms with Gasteiger partial charge in [0.2, 0.25) is 0 Å². The highest BCUT2D eigenvalue weighted by Crippen LogP contribution is 2.34. The molecule has 0 amide bonds. The number of nitrogens with one attached hydrogen (secondary N) is 1. The van der Waals surface area contributed by atoms with Gasteiger partial charge in [-0.2, -0.15) is 0 Å². The largest absolute Gasteiger partial charge is 0.508 e. The zero-order valence-corrected chi connectivity index (χ0v) is 13.6. The molecule has 1 heterocycles. The molecule has 0 bridgehead atoms. The number of rotatable bonds is 8. The Bertz CT molecular complexity index is 637. The second-order valence-corrected chi connectivity index (χ2v) is 6.14. The second kappa shape index (κ2) is 7.84. The number of thiazole rings is 1. The molecule has 0 unspecified atom stereocenters. The fraction of sp³-hybridized carbons (Fsp3) is 0.353. The van der Waals surface area contributed by atoms with Crippen molar-refractivity contribution in [2.75, 3.05) is 5.32 Å². The van der Waals surface area contributed by atoms with E-state index < -0.39 is 0 Å². The summed E-state index contributed by atoms with van der Waals surface area (Å²) in [6.07, 6.45) is 5.79. The molecule has 0 radical (unpaired) electrons. The Labute approximate surface area is 135 Å². The molecule has 0 atom stereocenters. The third-order valence-electron chi connectivity index (χ3n) is 3.38. The summed E-state index contributed by atoms with van der Waals surface area (Å²) in [6.45, 7) is 6.23. The predicted octanol–water partition coefficient (Wildman–Crippen LogP) is 5.12. The number of benzene rings is 1. The van der Waals surface area contributed by atoms with Crippen molar-refractivity contribution in [2.24, 2.45) is 0 Å². The van der Waals surface area contributed by atoms with Gasteiger partial charge in [-0.15, -0.1) is 11.3 Å². The summed E-state index contributed by atoms with van der Waals surface area (Å²) in [5, 5.41) is 25.1. The molecular formula is C17H22N2O2S. The molecule has 0 fully saturated rings. The quantitative estimate of drug-likeness (QED) is 0.591. The van der Waals surface area contributed by atoms with Gasteiger partial charge in [-0.1, -0.05) is 32.8 Å². The minimum atomic E-state index is 0.0234. The van der Waals surface area contributed by atoms with Crippen LogP contribution in [-0.2, 0) is 0 Å². The number of phenolic OH excluding ortho intramolecular Hbond substituents is 2. The zero-order valence-electron chi connectivity index (χ0n) is 12.8. The average molecular weight is 318 g/mol. The van der Waals surface area contributed by atoms with Crippen molar-refractivity contribution in [2.45, 2.75) is 39.0 Å². The van der Waals surface area contributed by atoms with Gasteiger partial charge < -0.3 is 15.5 Å². The van der Waals surface area contributed by atoms with E-state index >= 15 is 0 Å². The van der Waals surface area contributed by atoms with Crippen molar-refractivity contribution in [1.82, 2.24) is 4.98 Å². The van der Waals surface area contributed by atoms with Gasteiger partial charge in [0.15, 0.2) is 5.13 Å². The van der Waals surface area contributed by atoms with Crippen LogP contribution in [0, 0.1) is 0 Å². The molecule has 0 aliphatic rings. The molecule has 3 N–H and O–H groups in total. The first-order valence-electron chi connectivity index (χ1n) is 7.53. The molecule has 2 aromatic rings. The van der Waals surface area contributed by atoms with Gasteiger partial charge in [0.05, 0.1) is 5.69 Å². The van der Waals surface area contributed by atoms with Crippen molar-refractivity contribution in [3.63, 3.8) is 0 Å². The molecule has 0 aliphatic heterocycles. The van der Waals surface area contributed by atoms with Gasteiger partial charge in [0, 0.05) is 22.7 Å². The lowest BCUT2D eigenvalue weighted by Gasteiger charge is -2.06. The first-order chi connectivity index (χ1) is 10.6. The number of unbranched alkanes of at least 4 members (excludes halogenated alkanes) is 3. The number of allylic oxidation sites excluding steroid dienone is 1. The van der Waals surface area contributed by atoms with Crippen LogP contribution in [0.15, 0.2) is 35.9 Å². The predicted molar refractivity (Wildman–Crippen MR) is 92.4 cm³/mol. The maximum Gasteiger partial charge on any atom is 0.187 e. The van der Waals surface area contributed by atoms with Gasteiger partial charge in [0.1, 0.15) is 11.5 Å². The Hall–Kier alpha value is -2.01. The number of nitrogens with zero attached hydrogens (tertiary/aromatic N) is 1. The standard InChI is InChI=1S/C17H22N2O2S/c1-3-4-5-6-7-12(2)18-17-19-15(11-22-17)14-9-8-13(20)10-16(14)21/h8-11,20-21H,2-7H2,1H3,(H,18,19). The van der Waals surface area contributed by atoms with E-state index in [-0.39, 0.29) is 11.5 Å². The Morgan fingerprint density at radius 3 is 2.82 bits per heavy atom. The second-order valence-electron chi connectivity index (χ2n) is 5.28. The molecule has 0 saturated carbocycles. The molecule has 5 heteroatoms. The van der Waals surface area contributed by atoms with Gasteiger partial charge in [-0.3, -0.25) is 0 Å². The normalized spacial score (nSPS) is 10.6. The Morgan fingerprint density at radius 1 is 1.27 bits per heavy atom. The third-order valence-corrected chi connectivity index (χ3v) is 4.13. The Kier molecular flexibility index (Phi) is 5.83. The van der Waals surface area contributed by atoms with Crippen LogP contribution in [0.4, 0.5) is 5.13 Å². The molecule has 118 valence electrons. The van der Waals surface area contributed by atoms with Gasteiger partial charge >= 0.3 is 0 Å². The van der Waals surface area contributed by atoms with E-state index in [0.717, 1.165) is 23.7 Å². The minimum Gasteiger partial charge on any atom is -0.508 e. The molecule has 22 heavy (non-hydrogen) atoms. The Balaban J connectivity index is 1.95. The number of aromatic hydroxyl groups is 2. The third kappa shape index (κ3) is 4.49. The van der Waals surface area contributed by atoms with Crippen LogP contribution in [0.1, 0.15) is 39.0 Å². The topological polar surface area (TPSA) is 65.4 Å². The van der Waals surface area contributed by atoms with Crippen LogP contribution in [0.5, 0.6) is 11.5 Å². The lowest BCUT2D eigenvalue weighted by atomic mass is 10.1. The molecule has 0 spiro atoms. The lowest BCUT2D eigenvalue weighted by Crippen LogP contribution is -1.97. The summed E-state index contributed by atoms with van der Waals surface area (Å²) in [5.41, 5.74) is 2.26. The number of aromatic nitrogens is 1. The first kappa shape index (κ1) is 16.4. The number of anilines is 1. The van der Waals surface area contributed by atoms with E-state index in [9.17, 15) is 10.2 Å². The van der Waals surface area contributed by atoms with Crippen LogP contribution in [-0.4, -0.2) is 15.2 Å². The molecule has 0 aliphatic carbocycles. The molecule has 0 saturated heterocycles. The van der Waals surface area contributed by atoms with Gasteiger partial charge in [0.25, 0.3) is 0 Å². The van der Waals surface area contributed by atoms with Crippen LogP contribution in [0.3, 0.4) is 0 Å². The van der Waals surface area contributed by atoms with Gasteiger partial charge in [-0.05, 0) is 25.0 Å². The van der Waals surface area contributed by atoms with E-state index in [1.165, 1.54) is 42.7 Å². The molecular weight excluding hydrogens is 296 g/mol. The average Bonchev–Trinajstić information content (AvgIpc) is 2.92. The highest BCUT2D eigenvalue weighted by atomic mass is 32.1. The summed E-state index contributed by atoms with van der Waals surface area (Å²) in [7, 11) is 0. The highest BCUT2D eigenvalue weighted by molar-refractivity contribution is 7.14. The maximum atomic E-state index is 9.87. The van der Waals surface area contributed by atoms with E-state index in [1.54, 1.807) is 6.07 Å². The molecule has 1 aromatic carbocycles. The van der Waals surface area contributed by atoms with Crippen LogP contribution >= 0.6 is 11.3 Å². The van der Waals surface area contributed by atoms with Crippen molar-refractivity contribution in [3.05, 3.63) is 35.9 Å². The van der Waals surface area contributed by atoms with Crippen LogP contribution in [0.25, 0.3) is 11.3 Å².